The van der Waals surface area contributed by atoms with Crippen molar-refractivity contribution in [3.8, 4) is 11.5 Å². The van der Waals surface area contributed by atoms with E-state index in [4.69, 9.17) is 14.2 Å². The molecule has 2 saturated carbocycles. The molecule has 1 spiro atoms. The Morgan fingerprint density at radius 2 is 1.97 bits per heavy atom. The largest absolute Gasteiger partial charge is 0.493 e. The second-order valence-electron chi connectivity index (χ2n) is 11.3. The summed E-state index contributed by atoms with van der Waals surface area (Å²) in [7, 11) is 1.69. The van der Waals surface area contributed by atoms with Gasteiger partial charge in [-0.2, -0.15) is 0 Å². The van der Waals surface area contributed by atoms with Crippen LogP contribution in [0.1, 0.15) is 55.2 Å². The van der Waals surface area contributed by atoms with Crippen molar-refractivity contribution in [2.45, 2.75) is 74.5 Å². The van der Waals surface area contributed by atoms with Gasteiger partial charge in [0.2, 0.25) is 0 Å². The Balaban J connectivity index is 1.29. The van der Waals surface area contributed by atoms with Gasteiger partial charge >= 0.3 is 0 Å². The summed E-state index contributed by atoms with van der Waals surface area (Å²) in [6.45, 7) is 2.88. The first-order valence-electron chi connectivity index (χ1n) is 13.5. The molecule has 7 rings (SSSR count). The number of aryl methyl sites for hydroxylation is 1. The number of ether oxygens (including phenoxy) is 3. The average molecular weight is 474 g/mol. The molecule has 2 aromatic carbocycles. The second-order valence-corrected chi connectivity index (χ2v) is 11.3. The number of likely N-dealkylation sites (tertiary alicyclic amines) is 1. The van der Waals surface area contributed by atoms with Gasteiger partial charge in [-0.05, 0) is 74.6 Å². The van der Waals surface area contributed by atoms with E-state index in [0.717, 1.165) is 62.6 Å². The third-order valence-corrected chi connectivity index (χ3v) is 9.54. The molecule has 0 aromatic heterocycles. The number of Topliss-reactive ketones (excluding diaryl/α,β-unsaturated/α-hetero) is 1. The van der Waals surface area contributed by atoms with E-state index in [-0.39, 0.29) is 11.4 Å². The minimum Gasteiger partial charge on any atom is -0.493 e. The predicted octanol–water partition coefficient (Wildman–Crippen LogP) is 4.49. The Kier molecular flexibility index (Phi) is 5.05. The highest BCUT2D eigenvalue weighted by Gasteiger charge is 2.74. The van der Waals surface area contributed by atoms with E-state index in [9.17, 15) is 4.79 Å². The number of methoxy groups -OCH3 is 1. The lowest BCUT2D eigenvalue weighted by Gasteiger charge is -2.64. The zero-order valence-electron chi connectivity index (χ0n) is 20.6. The molecule has 5 nitrogen and oxygen atoms in total. The quantitative estimate of drug-likeness (QED) is 0.529. The summed E-state index contributed by atoms with van der Waals surface area (Å²) in [5, 5.41) is 0. The van der Waals surface area contributed by atoms with E-state index < -0.39 is 11.5 Å². The van der Waals surface area contributed by atoms with Gasteiger partial charge in [-0.1, -0.05) is 36.4 Å². The van der Waals surface area contributed by atoms with Gasteiger partial charge in [0, 0.05) is 31.2 Å². The van der Waals surface area contributed by atoms with Gasteiger partial charge in [0.05, 0.1) is 18.1 Å². The Labute approximate surface area is 207 Å². The van der Waals surface area contributed by atoms with E-state index in [2.05, 4.69) is 41.3 Å². The lowest BCUT2D eigenvalue weighted by atomic mass is 9.48. The van der Waals surface area contributed by atoms with Gasteiger partial charge in [0.25, 0.3) is 0 Å². The van der Waals surface area contributed by atoms with E-state index in [1.165, 1.54) is 29.5 Å². The summed E-state index contributed by atoms with van der Waals surface area (Å²) in [5.41, 5.74) is 3.11. The van der Waals surface area contributed by atoms with Gasteiger partial charge in [-0.3, -0.25) is 9.69 Å². The van der Waals surface area contributed by atoms with Crippen LogP contribution in [0.2, 0.25) is 0 Å². The standard InChI is InChI=1S/C30H35NO4/c1-33-24-12-11-22-18-25-30(34-17-5-8-20-6-3-2-4-7-20)14-13-23(32)28-29(30,26(22)27(24)35-28)15-16-31(25)19-21-9-10-21/h2-4,6-7,11-12,21,25,28H,5,8-10,13-19H2,1H3/t25?,28-,29-,30?/m0/s1. The summed E-state index contributed by atoms with van der Waals surface area (Å²) in [4.78, 5) is 16.1. The maximum Gasteiger partial charge on any atom is 0.174 e. The smallest absolute Gasteiger partial charge is 0.174 e. The second kappa shape index (κ2) is 8.07. The van der Waals surface area contributed by atoms with Crippen LogP contribution in [0.5, 0.6) is 11.5 Å². The number of ketones is 1. The van der Waals surface area contributed by atoms with Crippen molar-refractivity contribution in [1.82, 2.24) is 4.90 Å². The maximum absolute atomic E-state index is 13.4. The van der Waals surface area contributed by atoms with Crippen LogP contribution >= 0.6 is 0 Å². The lowest BCUT2D eigenvalue weighted by Crippen LogP contribution is -2.77. The van der Waals surface area contributed by atoms with E-state index in [1.807, 2.05) is 6.07 Å². The van der Waals surface area contributed by atoms with Crippen molar-refractivity contribution < 1.29 is 19.0 Å². The zero-order chi connectivity index (χ0) is 23.6. The van der Waals surface area contributed by atoms with Crippen molar-refractivity contribution in [1.29, 1.82) is 0 Å². The highest BCUT2D eigenvalue weighted by molar-refractivity contribution is 5.90. The van der Waals surface area contributed by atoms with Gasteiger partial charge in [-0.15, -0.1) is 0 Å². The number of benzene rings is 2. The number of hydrogen-bond donors (Lipinski definition) is 0. The molecule has 2 heterocycles. The summed E-state index contributed by atoms with van der Waals surface area (Å²) in [5.74, 6) is 2.61. The third-order valence-electron chi connectivity index (χ3n) is 9.54. The van der Waals surface area contributed by atoms with Crippen LogP contribution in [-0.4, -0.2) is 55.2 Å². The molecule has 2 aromatic rings. The molecule has 1 saturated heterocycles. The molecule has 0 amide bonds. The molecule has 2 aliphatic heterocycles. The summed E-state index contributed by atoms with van der Waals surface area (Å²) >= 11 is 0. The first kappa shape index (κ1) is 21.9. The fourth-order valence-electron chi connectivity index (χ4n) is 7.86. The Bertz CT molecular complexity index is 1140. The Hall–Kier alpha value is -2.37. The fourth-order valence-corrected chi connectivity index (χ4v) is 7.86. The highest BCUT2D eigenvalue weighted by Crippen LogP contribution is 2.66. The van der Waals surface area contributed by atoms with Gasteiger partial charge in [0.15, 0.2) is 23.4 Å². The van der Waals surface area contributed by atoms with E-state index >= 15 is 0 Å². The molecule has 3 aliphatic carbocycles. The van der Waals surface area contributed by atoms with Crippen molar-refractivity contribution in [2.24, 2.45) is 5.92 Å². The maximum atomic E-state index is 13.4. The summed E-state index contributed by atoms with van der Waals surface area (Å²) in [6, 6.07) is 15.2. The van der Waals surface area contributed by atoms with Crippen LogP contribution in [0, 0.1) is 5.92 Å². The van der Waals surface area contributed by atoms with Gasteiger partial charge < -0.3 is 14.2 Å². The fraction of sp³-hybridized carbons (Fsp3) is 0.567. The van der Waals surface area contributed by atoms with E-state index in [0.29, 0.717) is 19.1 Å². The van der Waals surface area contributed by atoms with Crippen LogP contribution in [-0.2, 0) is 27.8 Å². The number of rotatable bonds is 8. The van der Waals surface area contributed by atoms with Crippen molar-refractivity contribution in [2.75, 3.05) is 26.8 Å². The molecule has 0 N–H and O–H groups in total. The Morgan fingerprint density at radius 1 is 1.11 bits per heavy atom. The molecule has 0 radical (unpaired) electrons. The minimum atomic E-state index is -0.457. The van der Waals surface area contributed by atoms with Crippen LogP contribution in [0.15, 0.2) is 42.5 Å². The molecule has 35 heavy (non-hydrogen) atoms. The summed E-state index contributed by atoms with van der Waals surface area (Å²) in [6.07, 6.45) is 7.43. The third kappa shape index (κ3) is 3.10. The van der Waals surface area contributed by atoms with Crippen molar-refractivity contribution in [3.05, 3.63) is 59.2 Å². The molecule has 3 fully saturated rings. The van der Waals surface area contributed by atoms with Gasteiger partial charge in [-0.25, -0.2) is 0 Å². The predicted molar refractivity (Wildman–Crippen MR) is 133 cm³/mol. The molecular weight excluding hydrogens is 438 g/mol. The van der Waals surface area contributed by atoms with Crippen LogP contribution < -0.4 is 9.47 Å². The molecule has 5 aliphatic rings. The minimum absolute atomic E-state index is 0.231. The first-order chi connectivity index (χ1) is 17.2. The van der Waals surface area contributed by atoms with E-state index in [1.54, 1.807) is 7.11 Å². The normalized spacial score (nSPS) is 32.8. The molecule has 2 unspecified atom stereocenters. The number of nitrogens with zero attached hydrogens (tertiary/aromatic N) is 1. The SMILES string of the molecule is COc1ccc2c3c1O[C@H]1C(=O)CCC4(OCCCc5ccccc5)C(C2)N(CC2CC2)CC[C@]314. The zero-order valence-corrected chi connectivity index (χ0v) is 20.6. The molecule has 184 valence electrons. The number of carbonyl (C=O) groups is 1. The van der Waals surface area contributed by atoms with Crippen LogP contribution in [0.25, 0.3) is 0 Å². The molecule has 4 atom stereocenters. The number of piperidine rings is 1. The highest BCUT2D eigenvalue weighted by atomic mass is 16.5. The molecular formula is C30H35NO4. The topological polar surface area (TPSA) is 48.0 Å². The van der Waals surface area contributed by atoms with Crippen molar-refractivity contribution in [3.63, 3.8) is 0 Å². The first-order valence-corrected chi connectivity index (χ1v) is 13.5. The molecule has 2 bridgehead atoms. The Morgan fingerprint density at radius 3 is 2.77 bits per heavy atom. The number of hydrogen-bond acceptors (Lipinski definition) is 5. The monoisotopic (exact) mass is 473 g/mol. The lowest BCUT2D eigenvalue weighted by molar-refractivity contribution is -0.213. The van der Waals surface area contributed by atoms with Crippen LogP contribution in [0.3, 0.4) is 0 Å². The molecule has 5 heteroatoms. The van der Waals surface area contributed by atoms with Crippen molar-refractivity contribution >= 4 is 5.78 Å². The van der Waals surface area contributed by atoms with Gasteiger partial charge in [0.1, 0.15) is 0 Å². The number of carbonyl (C=O) groups excluding carboxylic acids is 1. The van der Waals surface area contributed by atoms with Crippen LogP contribution in [0.4, 0.5) is 0 Å². The summed E-state index contributed by atoms with van der Waals surface area (Å²) < 4.78 is 19.4. The average Bonchev–Trinajstić information content (AvgIpc) is 3.63.